The summed E-state index contributed by atoms with van der Waals surface area (Å²) < 4.78 is 20.3. The molecule has 0 radical (unpaired) electrons. The minimum absolute atomic E-state index is 0.0197. The maximum absolute atomic E-state index is 11.9. The Morgan fingerprint density at radius 3 is 1.52 bits per heavy atom. The van der Waals surface area contributed by atoms with Crippen molar-refractivity contribution in [2.45, 2.75) is 47.1 Å². The van der Waals surface area contributed by atoms with Crippen LogP contribution in [0.5, 0.6) is 11.5 Å². The first kappa shape index (κ1) is 37.7. The zero-order valence-corrected chi connectivity index (χ0v) is 30.5. The highest BCUT2D eigenvalue weighted by atomic mass is 35.5. The van der Waals surface area contributed by atoms with Gasteiger partial charge in [0.25, 0.3) is 0 Å². The van der Waals surface area contributed by atoms with Crippen LogP contribution >= 0.6 is 23.2 Å². The molecule has 268 valence electrons. The van der Waals surface area contributed by atoms with Crippen LogP contribution in [0, 0.1) is 13.8 Å². The summed E-state index contributed by atoms with van der Waals surface area (Å²) in [6, 6.07) is 34.0. The summed E-state index contributed by atoms with van der Waals surface area (Å²) >= 11 is 12.3. The fourth-order valence-electron chi connectivity index (χ4n) is 5.17. The van der Waals surface area contributed by atoms with Gasteiger partial charge in [-0.1, -0.05) is 83.9 Å². The number of nitrogens with zero attached hydrogens (tertiary/aromatic N) is 4. The number of carbonyl (C=O) groups excluding carboxylic acids is 1. The number of carboxylic acids is 1. The Balaban J connectivity index is 0.000000202. The number of hydrogen-bond acceptors (Lipinski definition) is 7. The van der Waals surface area contributed by atoms with Crippen LogP contribution in [0.1, 0.15) is 61.5 Å². The van der Waals surface area contributed by atoms with Crippen LogP contribution in [0.3, 0.4) is 0 Å². The average Bonchev–Trinajstić information content (AvgIpc) is 3.70. The van der Waals surface area contributed by atoms with Crippen molar-refractivity contribution in [3.8, 4) is 11.5 Å². The fraction of sp³-hybridized carbons (Fsp3) is 0.200. The van der Waals surface area contributed by atoms with Gasteiger partial charge in [0.05, 0.1) is 19.7 Å². The maximum Gasteiger partial charge on any atom is 0.358 e. The molecule has 0 aliphatic heterocycles. The maximum atomic E-state index is 11.9. The van der Waals surface area contributed by atoms with Crippen LogP contribution in [-0.2, 0) is 31.0 Å². The normalized spacial score (nSPS) is 10.6. The zero-order valence-electron chi connectivity index (χ0n) is 29.0. The molecule has 6 aromatic rings. The predicted molar refractivity (Wildman–Crippen MR) is 199 cm³/mol. The summed E-state index contributed by atoms with van der Waals surface area (Å²) in [7, 11) is 0. The van der Waals surface area contributed by atoms with Gasteiger partial charge in [-0.15, -0.1) is 0 Å². The summed E-state index contributed by atoms with van der Waals surface area (Å²) in [5.74, 6) is -0.0460. The minimum atomic E-state index is -1.05. The second-order valence-corrected chi connectivity index (χ2v) is 12.6. The van der Waals surface area contributed by atoms with E-state index in [0.717, 1.165) is 39.4 Å². The lowest BCUT2D eigenvalue weighted by atomic mass is 10.2. The first-order chi connectivity index (χ1) is 25.1. The summed E-state index contributed by atoms with van der Waals surface area (Å²) in [4.78, 5) is 23.0. The number of aryl methyl sites for hydroxylation is 2. The van der Waals surface area contributed by atoms with Gasteiger partial charge in [-0.25, -0.2) is 9.59 Å². The first-order valence-corrected chi connectivity index (χ1v) is 17.2. The molecule has 0 aliphatic rings. The van der Waals surface area contributed by atoms with E-state index in [0.29, 0.717) is 54.4 Å². The van der Waals surface area contributed by atoms with E-state index in [1.807, 2.05) is 98.8 Å². The lowest BCUT2D eigenvalue weighted by Crippen LogP contribution is -2.09. The summed E-state index contributed by atoms with van der Waals surface area (Å²) in [5.41, 5.74) is 5.80. The number of carbonyl (C=O) groups is 2. The smallest absolute Gasteiger partial charge is 0.358 e. The van der Waals surface area contributed by atoms with Gasteiger partial charge >= 0.3 is 11.9 Å². The van der Waals surface area contributed by atoms with Crippen molar-refractivity contribution in [1.29, 1.82) is 0 Å². The van der Waals surface area contributed by atoms with Gasteiger partial charge in [-0.3, -0.25) is 9.36 Å². The van der Waals surface area contributed by atoms with Gasteiger partial charge in [0, 0.05) is 32.6 Å². The minimum Gasteiger partial charge on any atom is -0.489 e. The van der Waals surface area contributed by atoms with Crippen molar-refractivity contribution in [1.82, 2.24) is 19.6 Å². The Hall–Kier alpha value is -5.58. The van der Waals surface area contributed by atoms with Gasteiger partial charge in [-0.2, -0.15) is 10.2 Å². The van der Waals surface area contributed by atoms with Gasteiger partial charge < -0.3 is 19.3 Å². The lowest BCUT2D eigenvalue weighted by Gasteiger charge is -2.13. The number of benzene rings is 4. The molecule has 0 aliphatic carbocycles. The molecular weight excluding hydrogens is 703 g/mol. The van der Waals surface area contributed by atoms with Crippen molar-refractivity contribution in [3.05, 3.63) is 164 Å². The van der Waals surface area contributed by atoms with Gasteiger partial charge in [0.2, 0.25) is 0 Å². The van der Waals surface area contributed by atoms with E-state index >= 15 is 0 Å². The molecular formula is C40H38Cl2N4O6. The van der Waals surface area contributed by atoms with Crippen LogP contribution in [0.25, 0.3) is 0 Å². The third kappa shape index (κ3) is 10.5. The Labute approximate surface area is 312 Å². The Morgan fingerprint density at radius 2 is 1.10 bits per heavy atom. The van der Waals surface area contributed by atoms with Crippen LogP contribution < -0.4 is 9.47 Å². The van der Waals surface area contributed by atoms with Crippen molar-refractivity contribution < 1.29 is 28.9 Å². The Bertz CT molecular complexity index is 2120. The Morgan fingerprint density at radius 1 is 0.654 bits per heavy atom. The van der Waals surface area contributed by atoms with Crippen LogP contribution in [-0.4, -0.2) is 43.2 Å². The number of halogens is 2. The SMILES string of the molecule is CCOC(=O)c1cc(C)n(Cc2cc(Cl)ccc2OCc2ccccc2)n1.Cc1cc(C(=O)O)nn1Cc1cc(Cl)ccc1OCc1ccccc1. The molecule has 0 saturated heterocycles. The van der Waals surface area contributed by atoms with Crippen molar-refractivity contribution >= 4 is 35.1 Å². The van der Waals surface area contributed by atoms with Crippen LogP contribution in [0.15, 0.2) is 109 Å². The molecule has 0 saturated carbocycles. The molecule has 6 rings (SSSR count). The second-order valence-electron chi connectivity index (χ2n) is 11.7. The molecule has 4 aromatic carbocycles. The van der Waals surface area contributed by atoms with Crippen molar-refractivity contribution in [2.24, 2.45) is 0 Å². The molecule has 2 aromatic heterocycles. The molecule has 0 atom stereocenters. The standard InChI is InChI=1S/C21H21ClN2O3.C19H17ClN2O3/c1-3-26-21(25)19-11-15(2)24(23-19)13-17-12-18(22)9-10-20(17)27-14-16-7-5-4-6-8-16;1-13-9-17(19(23)24)21-22(13)11-15-10-16(20)7-8-18(15)25-12-14-5-3-2-4-6-14/h4-12H,3,13-14H2,1-2H3;2-10H,11-12H2,1H3,(H,23,24). The molecule has 0 fully saturated rings. The highest BCUT2D eigenvalue weighted by Crippen LogP contribution is 2.27. The molecule has 0 bridgehead atoms. The van der Waals surface area contributed by atoms with Gasteiger partial charge in [0.1, 0.15) is 24.7 Å². The number of aromatic carboxylic acids is 1. The fourth-order valence-corrected chi connectivity index (χ4v) is 5.56. The number of ether oxygens (including phenoxy) is 3. The van der Waals surface area contributed by atoms with Crippen LogP contribution in [0.2, 0.25) is 10.0 Å². The van der Waals surface area contributed by atoms with Gasteiger partial charge in [0.15, 0.2) is 11.4 Å². The molecule has 10 nitrogen and oxygen atoms in total. The monoisotopic (exact) mass is 740 g/mol. The average molecular weight is 742 g/mol. The van der Waals surface area contributed by atoms with Crippen molar-refractivity contribution in [3.63, 3.8) is 0 Å². The molecule has 52 heavy (non-hydrogen) atoms. The highest BCUT2D eigenvalue weighted by Gasteiger charge is 2.16. The first-order valence-electron chi connectivity index (χ1n) is 16.5. The Kier molecular flexibility index (Phi) is 13.1. The third-order valence-corrected chi connectivity index (χ3v) is 8.30. The van der Waals surface area contributed by atoms with E-state index in [4.69, 9.17) is 42.5 Å². The van der Waals surface area contributed by atoms with E-state index in [2.05, 4.69) is 10.2 Å². The topological polar surface area (TPSA) is 118 Å². The van der Waals surface area contributed by atoms with E-state index in [1.54, 1.807) is 34.5 Å². The number of esters is 1. The highest BCUT2D eigenvalue weighted by molar-refractivity contribution is 6.31. The number of hydrogen-bond donors (Lipinski definition) is 1. The van der Waals surface area contributed by atoms with Crippen molar-refractivity contribution in [2.75, 3.05) is 6.61 Å². The molecule has 1 N–H and O–H groups in total. The summed E-state index contributed by atoms with van der Waals surface area (Å²) in [5, 5.41) is 18.8. The summed E-state index contributed by atoms with van der Waals surface area (Å²) in [6.07, 6.45) is 0. The van der Waals surface area contributed by atoms with E-state index in [-0.39, 0.29) is 5.69 Å². The van der Waals surface area contributed by atoms with Crippen LogP contribution in [0.4, 0.5) is 0 Å². The predicted octanol–water partition coefficient (Wildman–Crippen LogP) is 8.82. The van der Waals surface area contributed by atoms with E-state index in [9.17, 15) is 9.59 Å². The van der Waals surface area contributed by atoms with Gasteiger partial charge in [-0.05, 0) is 80.4 Å². The molecule has 0 amide bonds. The van der Waals surface area contributed by atoms with E-state index < -0.39 is 11.9 Å². The quantitative estimate of drug-likeness (QED) is 0.117. The van der Waals surface area contributed by atoms with E-state index in [1.165, 1.54) is 6.07 Å². The molecule has 2 heterocycles. The lowest BCUT2D eigenvalue weighted by molar-refractivity contribution is 0.0518. The summed E-state index contributed by atoms with van der Waals surface area (Å²) in [6.45, 7) is 7.51. The number of carboxylic acid groups (broad SMARTS) is 1. The zero-order chi connectivity index (χ0) is 37.0. The number of rotatable bonds is 13. The molecule has 12 heteroatoms. The third-order valence-electron chi connectivity index (χ3n) is 7.83. The molecule has 0 spiro atoms. The number of aromatic nitrogens is 4. The largest absolute Gasteiger partial charge is 0.489 e. The second kappa shape index (κ2) is 18.1. The molecule has 0 unspecified atom stereocenters.